The molecule has 5 rings (SSSR count). The van der Waals surface area contributed by atoms with Gasteiger partial charge < -0.3 is 20.1 Å². The maximum Gasteiger partial charge on any atom is 0.219 e. The average molecular weight is 555 g/mol. The van der Waals surface area contributed by atoms with Crippen molar-refractivity contribution in [2.75, 3.05) is 45.9 Å². The van der Waals surface area contributed by atoms with Crippen LogP contribution in [-0.4, -0.2) is 84.8 Å². The highest BCUT2D eigenvalue weighted by molar-refractivity contribution is 6.04. The van der Waals surface area contributed by atoms with Gasteiger partial charge in [0.25, 0.3) is 0 Å². The molecule has 2 fully saturated rings. The van der Waals surface area contributed by atoms with Crippen molar-refractivity contribution in [2.45, 2.75) is 44.7 Å². The van der Waals surface area contributed by atoms with Crippen molar-refractivity contribution in [1.82, 2.24) is 15.1 Å². The Balaban J connectivity index is 1.24. The molecule has 0 aromatic heterocycles. The maximum absolute atomic E-state index is 12.1. The summed E-state index contributed by atoms with van der Waals surface area (Å²) in [6.45, 7) is 8.15. The molecule has 2 aromatic rings. The molecule has 1 unspecified atom stereocenters. The number of hydrogen-bond acceptors (Lipinski definition) is 7. The lowest BCUT2D eigenvalue weighted by molar-refractivity contribution is -0.127. The second kappa shape index (κ2) is 13.7. The zero-order chi connectivity index (χ0) is 28.6. The first kappa shape index (κ1) is 28.7. The Morgan fingerprint density at radius 1 is 1.07 bits per heavy atom. The molecule has 0 spiro atoms. The second-order valence-electron chi connectivity index (χ2n) is 11.0. The number of nitrogens with zero attached hydrogens (tertiary/aromatic N) is 3. The van der Waals surface area contributed by atoms with Crippen molar-refractivity contribution in [2.24, 2.45) is 4.99 Å². The number of benzene rings is 2. The Labute approximate surface area is 242 Å². The molecule has 0 radical (unpaired) electrons. The largest absolute Gasteiger partial charge is 0.503 e. The van der Waals surface area contributed by atoms with Crippen LogP contribution in [-0.2, 0) is 20.9 Å². The summed E-state index contributed by atoms with van der Waals surface area (Å²) < 4.78 is 5.43. The molecule has 8 nitrogen and oxygen atoms in total. The van der Waals surface area contributed by atoms with Crippen molar-refractivity contribution in [3.63, 3.8) is 0 Å². The summed E-state index contributed by atoms with van der Waals surface area (Å²) in [6.07, 6.45) is 3.04. The van der Waals surface area contributed by atoms with Gasteiger partial charge in [0.15, 0.2) is 5.76 Å². The number of carbonyl (C=O) groups is 2. The van der Waals surface area contributed by atoms with Gasteiger partial charge in [-0.25, -0.2) is 0 Å². The molecular formula is C33H38N4O4. The number of amides is 1. The van der Waals surface area contributed by atoms with Gasteiger partial charge in [-0.15, -0.1) is 0 Å². The van der Waals surface area contributed by atoms with E-state index in [2.05, 4.69) is 63.4 Å². The standard InChI is InChI=1S/C33H38N4O4/c1-24(38)37-15-13-30(23-37)35-21-29(20-31-33(40)32(39)12-14-34-31)28-10-8-26(9-11-28)3-2-25-4-6-27(7-5-25)22-36-16-18-41-19-17-36/h4-11,14,29-30,35,40H,12-13,15-23H2,1H3/t29?,30-/m0/s1. The van der Waals surface area contributed by atoms with Gasteiger partial charge in [-0.05, 0) is 41.8 Å². The molecule has 8 heteroatoms. The highest BCUT2D eigenvalue weighted by atomic mass is 16.5. The number of aliphatic hydroxyl groups excluding tert-OH is 1. The number of allylic oxidation sites excluding steroid dienone is 2. The SMILES string of the molecule is CC(=O)N1CC[C@H](NCC(CC2=C(O)C(=O)CC=N2)c2ccc(C#Cc3ccc(CN4CCOCC4)cc3)cc2)C1. The first-order valence-electron chi connectivity index (χ1n) is 14.4. The molecule has 214 valence electrons. The fourth-order valence-corrected chi connectivity index (χ4v) is 5.46. The first-order chi connectivity index (χ1) is 19.9. The molecule has 3 heterocycles. The Kier molecular flexibility index (Phi) is 9.63. The van der Waals surface area contributed by atoms with E-state index in [0.717, 1.165) is 62.5 Å². The zero-order valence-electron chi connectivity index (χ0n) is 23.6. The van der Waals surface area contributed by atoms with Crippen LogP contribution in [0.4, 0.5) is 0 Å². The van der Waals surface area contributed by atoms with Gasteiger partial charge >= 0.3 is 0 Å². The number of likely N-dealkylation sites (tertiary alicyclic amines) is 1. The van der Waals surface area contributed by atoms with E-state index in [0.29, 0.717) is 25.2 Å². The number of rotatable bonds is 8. The maximum atomic E-state index is 12.1. The smallest absolute Gasteiger partial charge is 0.219 e. The van der Waals surface area contributed by atoms with Crippen LogP contribution in [0.5, 0.6) is 0 Å². The zero-order valence-corrected chi connectivity index (χ0v) is 23.6. The molecule has 1 amide bonds. The number of morpholine rings is 1. The fraction of sp³-hybridized carbons (Fsp3) is 0.424. The Bertz CT molecular complexity index is 1350. The number of aliphatic hydroxyl groups is 1. The number of aliphatic imine (C=N–C) groups is 1. The summed E-state index contributed by atoms with van der Waals surface area (Å²) >= 11 is 0. The van der Waals surface area contributed by atoms with Crippen LogP contribution < -0.4 is 5.32 Å². The normalized spacial score (nSPS) is 20.2. The van der Waals surface area contributed by atoms with E-state index in [4.69, 9.17) is 4.74 Å². The van der Waals surface area contributed by atoms with Gasteiger partial charge in [-0.1, -0.05) is 36.1 Å². The highest BCUT2D eigenvalue weighted by Crippen LogP contribution is 2.28. The molecule has 2 N–H and O–H groups in total. The van der Waals surface area contributed by atoms with E-state index in [-0.39, 0.29) is 35.8 Å². The quantitative estimate of drug-likeness (QED) is 0.486. The molecule has 3 aliphatic rings. The molecule has 2 saturated heterocycles. The van der Waals surface area contributed by atoms with Crippen molar-refractivity contribution in [3.8, 4) is 11.8 Å². The molecule has 2 aromatic carbocycles. The third kappa shape index (κ3) is 7.92. The van der Waals surface area contributed by atoms with Crippen molar-refractivity contribution in [3.05, 3.63) is 82.2 Å². The van der Waals surface area contributed by atoms with Crippen LogP contribution in [0, 0.1) is 11.8 Å². The minimum Gasteiger partial charge on any atom is -0.503 e. The molecular weight excluding hydrogens is 516 g/mol. The van der Waals surface area contributed by atoms with Crippen LogP contribution in [0.25, 0.3) is 0 Å². The predicted octanol–water partition coefficient (Wildman–Crippen LogP) is 3.42. The fourth-order valence-electron chi connectivity index (χ4n) is 5.46. The lowest BCUT2D eigenvalue weighted by Crippen LogP contribution is -2.36. The van der Waals surface area contributed by atoms with Crippen molar-refractivity contribution >= 4 is 17.9 Å². The van der Waals surface area contributed by atoms with E-state index in [1.54, 1.807) is 13.1 Å². The summed E-state index contributed by atoms with van der Waals surface area (Å²) in [5.41, 5.74) is 4.66. The molecule has 3 aliphatic heterocycles. The Morgan fingerprint density at radius 2 is 1.76 bits per heavy atom. The summed E-state index contributed by atoms with van der Waals surface area (Å²) in [7, 11) is 0. The van der Waals surface area contributed by atoms with Crippen LogP contribution >= 0.6 is 0 Å². The van der Waals surface area contributed by atoms with Crippen molar-refractivity contribution < 1.29 is 19.4 Å². The Hall–Kier alpha value is -3.77. The topological polar surface area (TPSA) is 94.5 Å². The molecule has 2 atom stereocenters. The molecule has 41 heavy (non-hydrogen) atoms. The summed E-state index contributed by atoms with van der Waals surface area (Å²) in [6, 6.07) is 16.8. The van der Waals surface area contributed by atoms with Crippen molar-refractivity contribution in [1.29, 1.82) is 0 Å². The minimum absolute atomic E-state index is 0.0115. The minimum atomic E-state index is -0.297. The van der Waals surface area contributed by atoms with E-state index in [9.17, 15) is 14.7 Å². The van der Waals surface area contributed by atoms with Gasteiger partial charge in [0.05, 0.1) is 18.9 Å². The summed E-state index contributed by atoms with van der Waals surface area (Å²) in [5, 5.41) is 14.0. The number of Topliss-reactive ketones (excluding diaryl/α,β-unsaturated/α-hetero) is 1. The van der Waals surface area contributed by atoms with Crippen LogP contribution in [0.3, 0.4) is 0 Å². The van der Waals surface area contributed by atoms with Gasteiger partial charge in [0.1, 0.15) is 0 Å². The number of hydrogen-bond donors (Lipinski definition) is 2. The highest BCUT2D eigenvalue weighted by Gasteiger charge is 2.26. The first-order valence-corrected chi connectivity index (χ1v) is 14.4. The second-order valence-corrected chi connectivity index (χ2v) is 11.0. The Morgan fingerprint density at radius 3 is 2.41 bits per heavy atom. The summed E-state index contributed by atoms with van der Waals surface area (Å²) in [4.78, 5) is 32.4. The van der Waals surface area contributed by atoms with Gasteiger partial charge in [0, 0.05) is 88.3 Å². The van der Waals surface area contributed by atoms with Crippen LogP contribution in [0.2, 0.25) is 0 Å². The van der Waals surface area contributed by atoms with Crippen LogP contribution in [0.1, 0.15) is 54.4 Å². The lowest BCUT2D eigenvalue weighted by atomic mass is 9.91. The molecule has 0 saturated carbocycles. The van der Waals surface area contributed by atoms with Gasteiger partial charge in [-0.3, -0.25) is 19.5 Å². The van der Waals surface area contributed by atoms with Gasteiger partial charge in [-0.2, -0.15) is 0 Å². The third-order valence-electron chi connectivity index (χ3n) is 7.98. The van der Waals surface area contributed by atoms with E-state index in [1.165, 1.54) is 5.56 Å². The van der Waals surface area contributed by atoms with Crippen LogP contribution in [0.15, 0.2) is 65.0 Å². The number of ketones is 1. The van der Waals surface area contributed by atoms with E-state index in [1.807, 2.05) is 17.0 Å². The van der Waals surface area contributed by atoms with Gasteiger partial charge in [0.2, 0.25) is 11.7 Å². The monoisotopic (exact) mass is 554 g/mol. The molecule has 0 aliphatic carbocycles. The number of ether oxygens (including phenoxy) is 1. The average Bonchev–Trinajstić information content (AvgIpc) is 3.48. The van der Waals surface area contributed by atoms with E-state index >= 15 is 0 Å². The third-order valence-corrected chi connectivity index (χ3v) is 7.98. The number of carbonyl (C=O) groups excluding carboxylic acids is 2. The predicted molar refractivity (Wildman–Crippen MR) is 159 cm³/mol. The lowest BCUT2D eigenvalue weighted by Gasteiger charge is -2.26. The molecule has 0 bridgehead atoms. The number of nitrogens with one attached hydrogen (secondary N) is 1. The van der Waals surface area contributed by atoms with E-state index < -0.39 is 0 Å². The summed E-state index contributed by atoms with van der Waals surface area (Å²) in [5.74, 6) is 6.08.